The Kier molecular flexibility index (Phi) is 9.56. The van der Waals surface area contributed by atoms with Gasteiger partial charge in [0.1, 0.15) is 34.9 Å². The van der Waals surface area contributed by atoms with Crippen LogP contribution in [0.2, 0.25) is 0 Å². The maximum Gasteiger partial charge on any atom is 0.415 e. The van der Waals surface area contributed by atoms with Gasteiger partial charge >= 0.3 is 12.1 Å². The molecule has 15 heteroatoms. The molecular weight excluding hydrogens is 574 g/mol. The van der Waals surface area contributed by atoms with E-state index in [2.05, 4.69) is 20.3 Å². The van der Waals surface area contributed by atoms with Gasteiger partial charge in [-0.25, -0.2) is 24.5 Å². The summed E-state index contributed by atoms with van der Waals surface area (Å²) in [7, 11) is 1.27. The molecule has 0 bridgehead atoms. The average Bonchev–Trinajstić information content (AvgIpc) is 3.58. The van der Waals surface area contributed by atoms with E-state index in [0.29, 0.717) is 49.0 Å². The molecule has 2 aromatic heterocycles. The average molecular weight is 612 g/mol. The summed E-state index contributed by atoms with van der Waals surface area (Å²) in [4.78, 5) is 51.9. The number of carbonyl (C=O) groups is 3. The molecule has 0 spiro atoms. The first-order chi connectivity index (χ1) is 21.2. The Balaban J connectivity index is 1.15. The number of rotatable bonds is 9. The minimum atomic E-state index is -1.42. The van der Waals surface area contributed by atoms with Crippen molar-refractivity contribution in [3.05, 3.63) is 42.0 Å². The fourth-order valence-corrected chi connectivity index (χ4v) is 5.61. The lowest BCUT2D eigenvalue weighted by molar-refractivity contribution is -0.137. The van der Waals surface area contributed by atoms with E-state index in [-0.39, 0.29) is 17.1 Å². The summed E-state index contributed by atoms with van der Waals surface area (Å²) in [5.41, 5.74) is 7.03. The van der Waals surface area contributed by atoms with Crippen molar-refractivity contribution in [2.75, 3.05) is 32.5 Å². The second kappa shape index (κ2) is 13.5. The van der Waals surface area contributed by atoms with Gasteiger partial charge in [-0.2, -0.15) is 0 Å². The Labute approximate surface area is 253 Å². The molecule has 44 heavy (non-hydrogen) atoms. The van der Waals surface area contributed by atoms with Gasteiger partial charge in [-0.05, 0) is 50.7 Å². The molecule has 3 aromatic rings. The third-order valence-electron chi connectivity index (χ3n) is 7.99. The van der Waals surface area contributed by atoms with Crippen molar-refractivity contribution >= 4 is 35.0 Å². The molecule has 2 fully saturated rings. The number of aliphatic hydroxyl groups is 2. The van der Waals surface area contributed by atoms with Crippen LogP contribution < -0.4 is 15.8 Å². The predicted molar refractivity (Wildman–Crippen MR) is 155 cm³/mol. The number of carbonyl (C=O) groups excluding carboxylic acids is 3. The summed E-state index contributed by atoms with van der Waals surface area (Å²) in [5.74, 6) is 0.133. The summed E-state index contributed by atoms with van der Waals surface area (Å²) in [6.07, 6.45) is -0.440. The fraction of sp³-hybridized carbons (Fsp3) is 0.517. The summed E-state index contributed by atoms with van der Waals surface area (Å²) in [5, 5.41) is 23.7. The Hall–Kier alpha value is -4.34. The minimum Gasteiger partial charge on any atom is -0.465 e. The molecule has 0 radical (unpaired) electrons. The van der Waals surface area contributed by atoms with E-state index in [1.165, 1.54) is 18.0 Å². The topological polar surface area (TPSA) is 204 Å². The number of aromatic nitrogens is 4. The van der Waals surface area contributed by atoms with Crippen molar-refractivity contribution < 1.29 is 38.8 Å². The number of anilines is 1. The number of nitrogens with one attached hydrogen (secondary N) is 1. The Bertz CT molecular complexity index is 1510. The molecule has 1 aromatic carbocycles. The molecule has 0 aliphatic carbocycles. The summed E-state index contributed by atoms with van der Waals surface area (Å²) in [6, 6.07) is 6.46. The number of imidazole rings is 1. The first-order valence-electron chi connectivity index (χ1n) is 14.6. The largest absolute Gasteiger partial charge is 0.465 e. The van der Waals surface area contributed by atoms with Crippen molar-refractivity contribution in [1.29, 1.82) is 0 Å². The fourth-order valence-electron chi connectivity index (χ4n) is 5.61. The van der Waals surface area contributed by atoms with Crippen LogP contribution in [0.25, 0.3) is 11.2 Å². The number of nitrogen functional groups attached to an aromatic ring is 1. The van der Waals surface area contributed by atoms with E-state index in [9.17, 15) is 24.6 Å². The Morgan fingerprint density at radius 3 is 2.61 bits per heavy atom. The molecule has 2 amide bonds. The number of esters is 1. The van der Waals surface area contributed by atoms with Crippen LogP contribution in [0, 0.1) is 5.92 Å². The van der Waals surface area contributed by atoms with Gasteiger partial charge in [-0.3, -0.25) is 9.36 Å². The number of aryl methyl sites for hydroxylation is 1. The lowest BCUT2D eigenvalue weighted by Gasteiger charge is -2.31. The number of piperidine rings is 1. The molecular formula is C29H37N7O8. The maximum absolute atomic E-state index is 12.8. The monoisotopic (exact) mass is 611 g/mol. The molecule has 5 N–H and O–H groups in total. The van der Waals surface area contributed by atoms with Gasteiger partial charge in [0.25, 0.3) is 5.91 Å². The third kappa shape index (κ3) is 6.44. The summed E-state index contributed by atoms with van der Waals surface area (Å²) in [6.45, 7) is 3.16. The highest BCUT2D eigenvalue weighted by atomic mass is 16.6. The van der Waals surface area contributed by atoms with E-state index in [1.54, 1.807) is 36.1 Å². The Morgan fingerprint density at radius 2 is 1.89 bits per heavy atom. The zero-order valence-corrected chi connectivity index (χ0v) is 24.6. The number of methoxy groups -OCH3 is 1. The molecule has 236 valence electrons. The standard InChI is InChI=1S/C29H37N7O8/c1-3-31-26(39)23-21(37)22(38)27(44-23)36-15-32-20-24(30)33-19(34-25(20)36)10-6-7-16-11-13-35(14-12-16)29(41)43-18-9-5-4-8-17(18)28(40)42-2/h4-5,8-9,15-16,21-23,27,37-38H,3,6-7,10-14H2,1-2H3,(H,31,39)(H2,30,33,34)/t21-,22+,23-,27+/m0/s1. The first-order valence-corrected chi connectivity index (χ1v) is 14.6. The van der Waals surface area contributed by atoms with Gasteiger partial charge in [-0.1, -0.05) is 12.1 Å². The number of ether oxygens (including phenoxy) is 3. The number of aliphatic hydroxyl groups excluding tert-OH is 2. The van der Waals surface area contributed by atoms with E-state index in [0.717, 1.165) is 25.7 Å². The van der Waals surface area contributed by atoms with Crippen molar-refractivity contribution in [2.24, 2.45) is 5.92 Å². The van der Waals surface area contributed by atoms with E-state index >= 15 is 0 Å². The highest BCUT2D eigenvalue weighted by Crippen LogP contribution is 2.32. The normalized spacial score (nSPS) is 22.2. The molecule has 0 unspecified atom stereocenters. The molecule has 4 atom stereocenters. The van der Waals surface area contributed by atoms with Crippen molar-refractivity contribution in [2.45, 2.75) is 63.6 Å². The van der Waals surface area contributed by atoms with Crippen LogP contribution in [0.4, 0.5) is 10.6 Å². The number of para-hydroxylation sites is 1. The number of fused-ring (bicyclic) bond motifs is 1. The number of nitrogens with zero attached hydrogens (tertiary/aromatic N) is 5. The number of hydrogen-bond acceptors (Lipinski definition) is 12. The molecule has 2 aliphatic rings. The van der Waals surface area contributed by atoms with E-state index < -0.39 is 42.5 Å². The predicted octanol–water partition coefficient (Wildman–Crippen LogP) is 1.18. The highest BCUT2D eigenvalue weighted by Gasteiger charge is 2.47. The van der Waals surface area contributed by atoms with Gasteiger partial charge in [0.15, 0.2) is 23.8 Å². The molecule has 15 nitrogen and oxygen atoms in total. The zero-order valence-electron chi connectivity index (χ0n) is 24.6. The number of hydrogen-bond donors (Lipinski definition) is 4. The van der Waals surface area contributed by atoms with Crippen molar-refractivity contribution in [1.82, 2.24) is 29.7 Å². The van der Waals surface area contributed by atoms with Crippen molar-refractivity contribution in [3.63, 3.8) is 0 Å². The van der Waals surface area contributed by atoms with Crippen LogP contribution in [0.15, 0.2) is 30.6 Å². The molecule has 4 heterocycles. The SMILES string of the molecule is CCNC(=O)[C@H]1O[C@@H](n2cnc3c(N)nc(CCCC4CCN(C(=O)Oc5ccccc5C(=O)OC)CC4)nc32)[C@H](O)[C@@H]1O. The van der Waals surface area contributed by atoms with Gasteiger partial charge in [0.2, 0.25) is 0 Å². The number of nitrogens with two attached hydrogens (primary N) is 1. The lowest BCUT2D eigenvalue weighted by atomic mass is 9.91. The minimum absolute atomic E-state index is 0.163. The first kappa shape index (κ1) is 31.1. The van der Waals surface area contributed by atoms with Crippen LogP contribution in [0.1, 0.15) is 55.0 Å². The third-order valence-corrected chi connectivity index (χ3v) is 7.99. The van der Waals surface area contributed by atoms with Crippen LogP contribution in [-0.2, 0) is 20.7 Å². The number of amides is 2. The molecule has 2 saturated heterocycles. The number of likely N-dealkylation sites (N-methyl/N-ethyl adjacent to an activating group) is 1. The second-order valence-corrected chi connectivity index (χ2v) is 10.9. The van der Waals surface area contributed by atoms with Crippen LogP contribution in [0.5, 0.6) is 5.75 Å². The highest BCUT2D eigenvalue weighted by molar-refractivity contribution is 5.93. The lowest BCUT2D eigenvalue weighted by Crippen LogP contribution is -2.42. The molecule has 0 saturated carbocycles. The molecule has 2 aliphatic heterocycles. The summed E-state index contributed by atoms with van der Waals surface area (Å²) >= 11 is 0. The van der Waals surface area contributed by atoms with E-state index in [1.807, 2.05) is 0 Å². The van der Waals surface area contributed by atoms with Crippen LogP contribution in [-0.4, -0.2) is 97.7 Å². The Morgan fingerprint density at radius 1 is 1.14 bits per heavy atom. The van der Waals surface area contributed by atoms with Crippen molar-refractivity contribution in [3.8, 4) is 5.75 Å². The van der Waals surface area contributed by atoms with Crippen LogP contribution in [0.3, 0.4) is 0 Å². The quantitative estimate of drug-likeness (QED) is 0.252. The zero-order chi connectivity index (χ0) is 31.4. The molecule has 5 rings (SSSR count). The number of likely N-dealkylation sites (tertiary alicyclic amines) is 1. The number of benzene rings is 1. The smallest absolute Gasteiger partial charge is 0.415 e. The van der Waals surface area contributed by atoms with Gasteiger partial charge < -0.3 is 40.4 Å². The summed E-state index contributed by atoms with van der Waals surface area (Å²) < 4.78 is 17.5. The second-order valence-electron chi connectivity index (χ2n) is 10.9. The van der Waals surface area contributed by atoms with Crippen LogP contribution >= 0.6 is 0 Å². The van der Waals surface area contributed by atoms with Gasteiger partial charge in [-0.15, -0.1) is 0 Å². The van der Waals surface area contributed by atoms with E-state index in [4.69, 9.17) is 19.9 Å². The van der Waals surface area contributed by atoms with Gasteiger partial charge in [0.05, 0.1) is 13.4 Å². The van der Waals surface area contributed by atoms with Gasteiger partial charge in [0, 0.05) is 26.1 Å². The maximum atomic E-state index is 12.8.